The maximum atomic E-state index is 11.9. The highest BCUT2D eigenvalue weighted by Gasteiger charge is 2.23. The molecule has 0 aliphatic carbocycles. The maximum absolute atomic E-state index is 11.9. The van der Waals surface area contributed by atoms with Crippen LogP contribution in [0.2, 0.25) is 0 Å². The molecule has 0 bridgehead atoms. The van der Waals surface area contributed by atoms with Gasteiger partial charge in [-0.15, -0.1) is 0 Å². The molecule has 0 aliphatic rings. The SMILES string of the molecule is CCCCCCCCCCCCCCCCCCCC(=O)OCC(O)COP(=O)(O)OCCNC(=O)CCCCCC. The Kier molecular flexibility index (Phi) is 29.3. The van der Waals surface area contributed by atoms with Gasteiger partial charge in [0.2, 0.25) is 5.91 Å². The number of rotatable bonds is 32. The Labute approximate surface area is 256 Å². The van der Waals surface area contributed by atoms with Gasteiger partial charge in [-0.25, -0.2) is 4.57 Å². The molecule has 2 unspecified atom stereocenters. The Morgan fingerprint density at radius 2 is 1.07 bits per heavy atom. The zero-order valence-corrected chi connectivity index (χ0v) is 27.9. The third-order valence-electron chi connectivity index (χ3n) is 7.29. The van der Waals surface area contributed by atoms with Crippen LogP contribution < -0.4 is 5.32 Å². The summed E-state index contributed by atoms with van der Waals surface area (Å²) in [7, 11) is -4.38. The second-order valence-corrected chi connectivity index (χ2v) is 13.0. The molecule has 0 heterocycles. The molecule has 0 saturated heterocycles. The minimum absolute atomic E-state index is 0.0834. The van der Waals surface area contributed by atoms with E-state index in [9.17, 15) is 24.2 Å². The van der Waals surface area contributed by atoms with Crippen LogP contribution in [-0.4, -0.2) is 54.3 Å². The van der Waals surface area contributed by atoms with E-state index in [1.807, 2.05) is 0 Å². The van der Waals surface area contributed by atoms with Crippen LogP contribution >= 0.6 is 7.82 Å². The quantitative estimate of drug-likeness (QED) is 0.0390. The molecule has 0 aromatic heterocycles. The Morgan fingerprint density at radius 1 is 0.643 bits per heavy atom. The molecule has 0 radical (unpaired) electrons. The lowest BCUT2D eigenvalue weighted by Crippen LogP contribution is -2.27. The predicted octanol–water partition coefficient (Wildman–Crippen LogP) is 8.15. The van der Waals surface area contributed by atoms with Crippen molar-refractivity contribution in [1.29, 1.82) is 0 Å². The molecular weight excluding hydrogens is 557 g/mol. The van der Waals surface area contributed by atoms with Crippen LogP contribution in [0, 0.1) is 0 Å². The minimum atomic E-state index is -4.38. The van der Waals surface area contributed by atoms with E-state index in [1.165, 1.54) is 89.9 Å². The molecule has 0 saturated carbocycles. The topological polar surface area (TPSA) is 131 Å². The average molecular weight is 622 g/mol. The second-order valence-electron chi connectivity index (χ2n) is 11.5. The number of unbranched alkanes of at least 4 members (excludes halogenated alkanes) is 19. The highest BCUT2D eigenvalue weighted by Crippen LogP contribution is 2.42. The minimum Gasteiger partial charge on any atom is -0.463 e. The summed E-state index contributed by atoms with van der Waals surface area (Å²) >= 11 is 0. The average Bonchev–Trinajstić information content (AvgIpc) is 2.97. The summed E-state index contributed by atoms with van der Waals surface area (Å²) in [6, 6.07) is 0. The molecular formula is C32H64NO8P. The van der Waals surface area contributed by atoms with Crippen LogP contribution in [0.4, 0.5) is 0 Å². The lowest BCUT2D eigenvalue weighted by Gasteiger charge is -2.15. The first kappa shape index (κ1) is 41.0. The van der Waals surface area contributed by atoms with Crippen molar-refractivity contribution < 1.29 is 37.9 Å². The number of ether oxygens (including phenoxy) is 1. The number of amides is 1. The van der Waals surface area contributed by atoms with Crippen LogP contribution in [0.25, 0.3) is 0 Å². The second kappa shape index (κ2) is 30.1. The number of aliphatic hydroxyl groups excluding tert-OH is 1. The van der Waals surface area contributed by atoms with Crippen molar-refractivity contribution in [3.8, 4) is 0 Å². The number of nitrogens with one attached hydrogen (secondary N) is 1. The number of carbonyl (C=O) groups excluding carboxylic acids is 2. The van der Waals surface area contributed by atoms with E-state index in [2.05, 4.69) is 19.2 Å². The van der Waals surface area contributed by atoms with Crippen molar-refractivity contribution in [3.63, 3.8) is 0 Å². The smallest absolute Gasteiger partial charge is 0.463 e. The van der Waals surface area contributed by atoms with Crippen LogP contribution in [0.1, 0.15) is 162 Å². The number of hydrogen-bond donors (Lipinski definition) is 3. The number of hydrogen-bond acceptors (Lipinski definition) is 7. The largest absolute Gasteiger partial charge is 0.472 e. The fraction of sp³-hybridized carbons (Fsp3) is 0.938. The first-order valence-corrected chi connectivity index (χ1v) is 18.5. The van der Waals surface area contributed by atoms with E-state index < -0.39 is 26.5 Å². The molecule has 9 nitrogen and oxygen atoms in total. The van der Waals surface area contributed by atoms with Gasteiger partial charge in [0.25, 0.3) is 0 Å². The van der Waals surface area contributed by atoms with Gasteiger partial charge in [0, 0.05) is 19.4 Å². The van der Waals surface area contributed by atoms with E-state index in [0.29, 0.717) is 6.42 Å². The van der Waals surface area contributed by atoms with Gasteiger partial charge in [0.05, 0.1) is 13.2 Å². The van der Waals surface area contributed by atoms with Crippen molar-refractivity contribution in [2.24, 2.45) is 0 Å². The molecule has 0 aliphatic heterocycles. The molecule has 1 amide bonds. The Morgan fingerprint density at radius 3 is 1.57 bits per heavy atom. The van der Waals surface area contributed by atoms with Crippen molar-refractivity contribution in [3.05, 3.63) is 0 Å². The molecule has 250 valence electrons. The highest BCUT2D eigenvalue weighted by molar-refractivity contribution is 7.47. The van der Waals surface area contributed by atoms with Crippen LogP contribution in [0.3, 0.4) is 0 Å². The molecule has 2 atom stereocenters. The molecule has 42 heavy (non-hydrogen) atoms. The van der Waals surface area contributed by atoms with E-state index in [0.717, 1.165) is 44.9 Å². The number of aliphatic hydroxyl groups is 1. The molecule has 0 fully saturated rings. The van der Waals surface area contributed by atoms with E-state index in [1.54, 1.807) is 0 Å². The zero-order chi connectivity index (χ0) is 31.2. The first-order valence-electron chi connectivity index (χ1n) is 17.0. The van der Waals surface area contributed by atoms with Gasteiger partial charge in [-0.2, -0.15) is 0 Å². The Bertz CT molecular complexity index is 679. The summed E-state index contributed by atoms with van der Waals surface area (Å²) < 4.78 is 26.5. The van der Waals surface area contributed by atoms with Gasteiger partial charge in [-0.3, -0.25) is 18.6 Å². The maximum Gasteiger partial charge on any atom is 0.472 e. The van der Waals surface area contributed by atoms with Crippen molar-refractivity contribution in [1.82, 2.24) is 5.32 Å². The molecule has 3 N–H and O–H groups in total. The molecule has 0 aromatic carbocycles. The van der Waals surface area contributed by atoms with Gasteiger partial charge in [0.1, 0.15) is 12.7 Å². The molecule has 10 heteroatoms. The normalized spacial score (nSPS) is 13.5. The van der Waals surface area contributed by atoms with Gasteiger partial charge < -0.3 is 20.1 Å². The number of phosphoric ester groups is 1. The number of phosphoric acid groups is 1. The van der Waals surface area contributed by atoms with E-state index in [-0.39, 0.29) is 32.1 Å². The van der Waals surface area contributed by atoms with Crippen LogP contribution in [0.15, 0.2) is 0 Å². The van der Waals surface area contributed by atoms with E-state index >= 15 is 0 Å². The predicted molar refractivity (Wildman–Crippen MR) is 169 cm³/mol. The monoisotopic (exact) mass is 621 g/mol. The molecule has 0 rings (SSSR count). The summed E-state index contributed by atoms with van der Waals surface area (Å²) in [5, 5.41) is 12.5. The van der Waals surface area contributed by atoms with Crippen molar-refractivity contribution in [2.75, 3.05) is 26.4 Å². The summed E-state index contributed by atoms with van der Waals surface area (Å²) in [4.78, 5) is 33.3. The van der Waals surface area contributed by atoms with E-state index in [4.69, 9.17) is 13.8 Å². The zero-order valence-electron chi connectivity index (χ0n) is 27.0. The highest BCUT2D eigenvalue weighted by atomic mass is 31.2. The lowest BCUT2D eigenvalue weighted by molar-refractivity contribution is -0.147. The lowest BCUT2D eigenvalue weighted by atomic mass is 10.0. The van der Waals surface area contributed by atoms with Crippen molar-refractivity contribution in [2.45, 2.75) is 168 Å². The summed E-state index contributed by atoms with van der Waals surface area (Å²) in [5.41, 5.74) is 0. The number of carbonyl (C=O) groups is 2. The standard InChI is InChI=1S/C32H64NO8P/c1-3-5-7-9-10-11-12-13-14-15-16-17-18-19-20-21-23-25-32(36)39-28-30(34)29-41-42(37,38)40-27-26-33-31(35)24-22-8-6-4-2/h30,34H,3-29H2,1-2H3,(H,33,35)(H,37,38). The first-order chi connectivity index (χ1) is 20.3. The third kappa shape index (κ3) is 30.5. The van der Waals surface area contributed by atoms with Gasteiger partial charge >= 0.3 is 13.8 Å². The number of esters is 1. The van der Waals surface area contributed by atoms with Crippen LogP contribution in [-0.2, 0) is 27.9 Å². The summed E-state index contributed by atoms with van der Waals surface area (Å²) in [6.45, 7) is 3.43. The Hall–Kier alpha value is -0.990. The van der Waals surface area contributed by atoms with Crippen molar-refractivity contribution >= 4 is 19.7 Å². The fourth-order valence-electron chi connectivity index (χ4n) is 4.67. The molecule has 0 spiro atoms. The van der Waals surface area contributed by atoms with Gasteiger partial charge in [-0.05, 0) is 12.8 Å². The van der Waals surface area contributed by atoms with Gasteiger partial charge in [-0.1, -0.05) is 136 Å². The summed E-state index contributed by atoms with van der Waals surface area (Å²) in [6.07, 6.45) is 25.2. The fourth-order valence-corrected chi connectivity index (χ4v) is 5.43. The Balaban J connectivity index is 3.55. The van der Waals surface area contributed by atoms with Gasteiger partial charge in [0.15, 0.2) is 0 Å². The third-order valence-corrected chi connectivity index (χ3v) is 8.27. The molecule has 0 aromatic rings. The summed E-state index contributed by atoms with van der Waals surface area (Å²) in [5.74, 6) is -0.528. The van der Waals surface area contributed by atoms with Crippen LogP contribution in [0.5, 0.6) is 0 Å².